The number of nitrogens with one attached hydrogen (secondary N) is 2. The summed E-state index contributed by atoms with van der Waals surface area (Å²) < 4.78 is 0. The SMILES string of the molecule is CNC(=O)[C@H]1CNC[C@@H]1c1ccnc(N2CCCC2)n1. The van der Waals surface area contributed by atoms with Crippen molar-refractivity contribution < 1.29 is 4.79 Å². The molecule has 2 N–H and O–H groups in total. The van der Waals surface area contributed by atoms with E-state index >= 15 is 0 Å². The summed E-state index contributed by atoms with van der Waals surface area (Å²) in [7, 11) is 1.69. The second kappa shape index (κ2) is 5.75. The Morgan fingerprint density at radius 3 is 2.95 bits per heavy atom. The van der Waals surface area contributed by atoms with Crippen LogP contribution in [0.3, 0.4) is 0 Å². The molecule has 0 saturated carbocycles. The minimum absolute atomic E-state index is 0.0404. The first kappa shape index (κ1) is 13.3. The number of carbonyl (C=O) groups is 1. The highest BCUT2D eigenvalue weighted by molar-refractivity contribution is 5.80. The summed E-state index contributed by atoms with van der Waals surface area (Å²) in [5.74, 6) is 0.990. The second-order valence-electron chi connectivity index (χ2n) is 5.46. The molecule has 0 unspecified atom stereocenters. The van der Waals surface area contributed by atoms with E-state index in [2.05, 4.69) is 20.5 Å². The Bertz CT molecular complexity index is 486. The number of carbonyl (C=O) groups excluding carboxylic acids is 1. The lowest BCUT2D eigenvalue weighted by Crippen LogP contribution is -2.32. The molecule has 1 amide bonds. The highest BCUT2D eigenvalue weighted by Gasteiger charge is 2.34. The Kier molecular flexibility index (Phi) is 3.82. The number of aromatic nitrogens is 2. The normalized spacial score (nSPS) is 25.9. The Morgan fingerprint density at radius 2 is 2.20 bits per heavy atom. The van der Waals surface area contributed by atoms with Gasteiger partial charge in [-0.25, -0.2) is 9.97 Å². The number of nitrogens with zero attached hydrogens (tertiary/aromatic N) is 3. The molecule has 6 nitrogen and oxygen atoms in total. The third-order valence-corrected chi connectivity index (χ3v) is 4.23. The zero-order valence-corrected chi connectivity index (χ0v) is 11.8. The minimum atomic E-state index is -0.0404. The topological polar surface area (TPSA) is 70.2 Å². The van der Waals surface area contributed by atoms with E-state index in [1.807, 2.05) is 12.3 Å². The molecule has 1 aromatic heterocycles. The van der Waals surface area contributed by atoms with Gasteiger partial charge in [0.1, 0.15) is 0 Å². The first-order valence-electron chi connectivity index (χ1n) is 7.30. The molecule has 2 saturated heterocycles. The molecule has 2 fully saturated rings. The molecule has 0 aromatic carbocycles. The van der Waals surface area contributed by atoms with E-state index in [4.69, 9.17) is 4.98 Å². The van der Waals surface area contributed by atoms with Gasteiger partial charge in [-0.15, -0.1) is 0 Å². The molecule has 2 aliphatic rings. The van der Waals surface area contributed by atoms with Crippen molar-refractivity contribution in [2.45, 2.75) is 18.8 Å². The van der Waals surface area contributed by atoms with Gasteiger partial charge in [-0.05, 0) is 18.9 Å². The summed E-state index contributed by atoms with van der Waals surface area (Å²) in [4.78, 5) is 23.2. The molecule has 6 heteroatoms. The van der Waals surface area contributed by atoms with Crippen LogP contribution < -0.4 is 15.5 Å². The van der Waals surface area contributed by atoms with Crippen LogP contribution in [-0.2, 0) is 4.79 Å². The van der Waals surface area contributed by atoms with Gasteiger partial charge in [0.15, 0.2) is 0 Å². The molecule has 0 aliphatic carbocycles. The summed E-state index contributed by atoms with van der Waals surface area (Å²) in [6.45, 7) is 3.58. The number of anilines is 1. The maximum absolute atomic E-state index is 11.9. The maximum atomic E-state index is 11.9. The number of amides is 1. The highest BCUT2D eigenvalue weighted by Crippen LogP contribution is 2.28. The van der Waals surface area contributed by atoms with Crippen LogP contribution in [-0.4, -0.2) is 49.1 Å². The van der Waals surface area contributed by atoms with Gasteiger partial charge >= 0.3 is 0 Å². The lowest BCUT2D eigenvalue weighted by molar-refractivity contribution is -0.124. The van der Waals surface area contributed by atoms with Crippen LogP contribution in [0.15, 0.2) is 12.3 Å². The van der Waals surface area contributed by atoms with E-state index in [0.29, 0.717) is 6.54 Å². The van der Waals surface area contributed by atoms with Gasteiger partial charge in [0.05, 0.1) is 11.6 Å². The molecule has 0 radical (unpaired) electrons. The monoisotopic (exact) mass is 275 g/mol. The fraction of sp³-hybridized carbons (Fsp3) is 0.643. The molecule has 2 aliphatic heterocycles. The predicted molar refractivity (Wildman–Crippen MR) is 76.6 cm³/mol. The van der Waals surface area contributed by atoms with Gasteiger partial charge in [-0.3, -0.25) is 4.79 Å². The van der Waals surface area contributed by atoms with Crippen molar-refractivity contribution in [2.75, 3.05) is 38.1 Å². The fourth-order valence-corrected chi connectivity index (χ4v) is 3.09. The van der Waals surface area contributed by atoms with E-state index in [9.17, 15) is 4.79 Å². The molecule has 0 bridgehead atoms. The summed E-state index contributed by atoms with van der Waals surface area (Å²) in [5, 5.41) is 6.03. The number of hydrogen-bond donors (Lipinski definition) is 2. The third kappa shape index (κ3) is 2.47. The van der Waals surface area contributed by atoms with Crippen molar-refractivity contribution in [3.8, 4) is 0 Å². The quantitative estimate of drug-likeness (QED) is 0.820. The lowest BCUT2D eigenvalue weighted by Gasteiger charge is -2.19. The summed E-state index contributed by atoms with van der Waals surface area (Å²) >= 11 is 0. The molecule has 3 heterocycles. The molecule has 1 aromatic rings. The van der Waals surface area contributed by atoms with Gasteiger partial charge in [-0.1, -0.05) is 0 Å². The Morgan fingerprint density at radius 1 is 1.40 bits per heavy atom. The van der Waals surface area contributed by atoms with Crippen LogP contribution >= 0.6 is 0 Å². The van der Waals surface area contributed by atoms with Gasteiger partial charge in [0, 0.05) is 45.3 Å². The summed E-state index contributed by atoms with van der Waals surface area (Å²) in [6.07, 6.45) is 4.23. The second-order valence-corrected chi connectivity index (χ2v) is 5.46. The molecule has 3 rings (SSSR count). The van der Waals surface area contributed by atoms with Crippen LogP contribution in [0.2, 0.25) is 0 Å². The minimum Gasteiger partial charge on any atom is -0.359 e. The first-order valence-corrected chi connectivity index (χ1v) is 7.30. The number of rotatable bonds is 3. The summed E-state index contributed by atoms with van der Waals surface area (Å²) in [5.41, 5.74) is 0.973. The van der Waals surface area contributed by atoms with Crippen LogP contribution in [0.4, 0.5) is 5.95 Å². The van der Waals surface area contributed by atoms with Crippen molar-refractivity contribution in [3.05, 3.63) is 18.0 Å². The van der Waals surface area contributed by atoms with Gasteiger partial charge in [0.25, 0.3) is 0 Å². The largest absolute Gasteiger partial charge is 0.359 e. The summed E-state index contributed by atoms with van der Waals surface area (Å²) in [6, 6.07) is 1.94. The zero-order chi connectivity index (χ0) is 13.9. The molecule has 108 valence electrons. The fourth-order valence-electron chi connectivity index (χ4n) is 3.09. The van der Waals surface area contributed by atoms with Crippen LogP contribution in [0.5, 0.6) is 0 Å². The van der Waals surface area contributed by atoms with Crippen LogP contribution in [0, 0.1) is 5.92 Å². The molecule has 20 heavy (non-hydrogen) atoms. The third-order valence-electron chi connectivity index (χ3n) is 4.23. The molecule has 2 atom stereocenters. The predicted octanol–water partition coefficient (Wildman–Crippen LogP) is 0.126. The van der Waals surface area contributed by atoms with Gasteiger partial charge < -0.3 is 15.5 Å². The van der Waals surface area contributed by atoms with Crippen LogP contribution in [0.1, 0.15) is 24.5 Å². The van der Waals surface area contributed by atoms with Crippen molar-refractivity contribution in [1.82, 2.24) is 20.6 Å². The van der Waals surface area contributed by atoms with E-state index in [1.54, 1.807) is 7.05 Å². The first-order chi connectivity index (χ1) is 9.79. The van der Waals surface area contributed by atoms with E-state index in [-0.39, 0.29) is 17.7 Å². The Hall–Kier alpha value is -1.69. The number of hydrogen-bond acceptors (Lipinski definition) is 5. The zero-order valence-electron chi connectivity index (χ0n) is 11.8. The average Bonchev–Trinajstić information content (AvgIpc) is 3.17. The smallest absolute Gasteiger partial charge is 0.225 e. The van der Waals surface area contributed by atoms with Crippen molar-refractivity contribution >= 4 is 11.9 Å². The maximum Gasteiger partial charge on any atom is 0.225 e. The van der Waals surface area contributed by atoms with Gasteiger partial charge in [-0.2, -0.15) is 0 Å². The van der Waals surface area contributed by atoms with Crippen molar-refractivity contribution in [1.29, 1.82) is 0 Å². The molecule has 0 spiro atoms. The van der Waals surface area contributed by atoms with Gasteiger partial charge in [0.2, 0.25) is 11.9 Å². The van der Waals surface area contributed by atoms with Crippen molar-refractivity contribution in [3.63, 3.8) is 0 Å². The standard InChI is InChI=1S/C14H21N5O/c1-15-13(20)11-9-16-8-10(11)12-4-5-17-14(18-12)19-6-2-3-7-19/h4-5,10-11,16H,2-3,6-9H2,1H3,(H,15,20)/t10-,11-/m0/s1. The Balaban J connectivity index is 1.82. The molecular formula is C14H21N5O. The molecular weight excluding hydrogens is 254 g/mol. The average molecular weight is 275 g/mol. The van der Waals surface area contributed by atoms with Crippen molar-refractivity contribution in [2.24, 2.45) is 5.92 Å². The van der Waals surface area contributed by atoms with E-state index in [1.165, 1.54) is 12.8 Å². The highest BCUT2D eigenvalue weighted by atomic mass is 16.1. The van der Waals surface area contributed by atoms with E-state index in [0.717, 1.165) is 31.3 Å². The van der Waals surface area contributed by atoms with Crippen LogP contribution in [0.25, 0.3) is 0 Å². The van der Waals surface area contributed by atoms with E-state index < -0.39 is 0 Å². The Labute approximate surface area is 119 Å². The lowest BCUT2D eigenvalue weighted by atomic mass is 9.92.